The number of benzene rings is 1. The van der Waals surface area contributed by atoms with E-state index in [1.807, 2.05) is 0 Å². The highest BCUT2D eigenvalue weighted by Crippen LogP contribution is 2.34. The maximum atomic E-state index is 12.3. The van der Waals surface area contributed by atoms with E-state index in [4.69, 9.17) is 10.5 Å². The molecule has 0 aliphatic rings. The highest BCUT2D eigenvalue weighted by Gasteiger charge is 2.36. The van der Waals surface area contributed by atoms with Crippen LogP contribution in [0, 0.1) is 0 Å². The van der Waals surface area contributed by atoms with Crippen LogP contribution in [0.3, 0.4) is 0 Å². The maximum Gasteiger partial charge on any atom is 0.402 e. The zero-order valence-corrected chi connectivity index (χ0v) is 12.9. The highest BCUT2D eigenvalue weighted by atomic mass is 79.9. The minimum Gasteiger partial charge on any atom is -0.495 e. The fourth-order valence-corrected chi connectivity index (χ4v) is 3.06. The quantitative estimate of drug-likeness (QED) is 0.817. The van der Waals surface area contributed by atoms with Crippen molar-refractivity contribution in [2.45, 2.75) is 11.1 Å². The van der Waals surface area contributed by atoms with Crippen LogP contribution < -0.4 is 10.5 Å². The van der Waals surface area contributed by atoms with Crippen molar-refractivity contribution in [2.75, 3.05) is 26.4 Å². The minimum atomic E-state index is -4.64. The molecule has 1 rings (SSSR count). The van der Waals surface area contributed by atoms with Gasteiger partial charge in [-0.1, -0.05) is 0 Å². The number of anilines is 1. The molecule has 0 atom stereocenters. The number of hydrogen-bond acceptors (Lipinski definition) is 4. The van der Waals surface area contributed by atoms with E-state index in [1.165, 1.54) is 13.2 Å². The smallest absolute Gasteiger partial charge is 0.402 e. The molecule has 1 aromatic rings. The number of rotatable bonds is 4. The van der Waals surface area contributed by atoms with E-state index in [0.717, 1.165) is 13.1 Å². The largest absolute Gasteiger partial charge is 0.495 e. The molecule has 0 aromatic heterocycles. The molecule has 0 radical (unpaired) electrons. The number of ether oxygens (including phenoxy) is 1. The molecule has 10 heteroatoms. The molecule has 0 saturated carbocycles. The first-order valence-electron chi connectivity index (χ1n) is 5.15. The molecule has 0 heterocycles. The molecule has 0 fully saturated rings. The van der Waals surface area contributed by atoms with Gasteiger partial charge >= 0.3 is 6.18 Å². The highest BCUT2D eigenvalue weighted by molar-refractivity contribution is 9.10. The van der Waals surface area contributed by atoms with Crippen molar-refractivity contribution >= 4 is 31.6 Å². The zero-order valence-electron chi connectivity index (χ0n) is 10.5. The summed E-state index contributed by atoms with van der Waals surface area (Å²) in [5.41, 5.74) is 5.63. The standard InChI is InChI=1S/C10H12BrF3N2O3S/c1-16(5-10(12,13)14)20(17,18)9-4-7(15)6(11)3-8(9)19-2/h3-4H,5,15H2,1-2H3. The fourth-order valence-electron chi connectivity index (χ4n) is 1.42. The van der Waals surface area contributed by atoms with Gasteiger partial charge in [0.2, 0.25) is 10.0 Å². The molecule has 0 aliphatic heterocycles. The summed E-state index contributed by atoms with van der Waals surface area (Å²) in [7, 11) is -2.32. The summed E-state index contributed by atoms with van der Waals surface area (Å²) >= 11 is 3.08. The number of nitrogen functional groups attached to an aromatic ring is 1. The van der Waals surface area contributed by atoms with Crippen LogP contribution >= 0.6 is 15.9 Å². The van der Waals surface area contributed by atoms with Crippen LogP contribution in [0.4, 0.5) is 18.9 Å². The van der Waals surface area contributed by atoms with Crippen LogP contribution in [0.2, 0.25) is 0 Å². The molecule has 0 aliphatic carbocycles. The van der Waals surface area contributed by atoms with Gasteiger partial charge in [-0.25, -0.2) is 8.42 Å². The topological polar surface area (TPSA) is 72.6 Å². The third-order valence-corrected chi connectivity index (χ3v) is 4.88. The number of alkyl halides is 3. The van der Waals surface area contributed by atoms with E-state index in [-0.39, 0.29) is 15.7 Å². The number of methoxy groups -OCH3 is 1. The molecule has 0 unspecified atom stereocenters. The Kier molecular flexibility index (Phi) is 4.93. The lowest BCUT2D eigenvalue weighted by Crippen LogP contribution is -2.36. The summed E-state index contributed by atoms with van der Waals surface area (Å²) in [5, 5.41) is 0. The Hall–Kier alpha value is -1.00. The van der Waals surface area contributed by atoms with Crippen molar-refractivity contribution in [1.82, 2.24) is 4.31 Å². The van der Waals surface area contributed by atoms with Gasteiger partial charge in [-0.3, -0.25) is 0 Å². The molecule has 114 valence electrons. The van der Waals surface area contributed by atoms with E-state index >= 15 is 0 Å². The Morgan fingerprint density at radius 2 is 1.95 bits per heavy atom. The fraction of sp³-hybridized carbons (Fsp3) is 0.400. The molecular weight excluding hydrogens is 365 g/mol. The molecule has 20 heavy (non-hydrogen) atoms. The van der Waals surface area contributed by atoms with Crippen LogP contribution in [-0.4, -0.2) is 39.6 Å². The molecule has 2 N–H and O–H groups in total. The van der Waals surface area contributed by atoms with Gasteiger partial charge in [-0.15, -0.1) is 0 Å². The van der Waals surface area contributed by atoms with E-state index in [9.17, 15) is 21.6 Å². The van der Waals surface area contributed by atoms with Crippen LogP contribution in [0.25, 0.3) is 0 Å². The van der Waals surface area contributed by atoms with Crippen molar-refractivity contribution in [2.24, 2.45) is 0 Å². The molecule has 0 amide bonds. The van der Waals surface area contributed by atoms with E-state index in [0.29, 0.717) is 4.47 Å². The van der Waals surface area contributed by atoms with E-state index < -0.39 is 27.6 Å². The monoisotopic (exact) mass is 376 g/mol. The molecule has 0 spiro atoms. The van der Waals surface area contributed by atoms with E-state index in [2.05, 4.69) is 15.9 Å². The van der Waals surface area contributed by atoms with Crippen LogP contribution in [0.1, 0.15) is 0 Å². The second-order valence-corrected chi connectivity index (χ2v) is 6.77. The summed E-state index contributed by atoms with van der Waals surface area (Å²) in [6.45, 7) is -1.60. The molecule has 0 saturated heterocycles. The van der Waals surface area contributed by atoms with Crippen LogP contribution in [-0.2, 0) is 10.0 Å². The van der Waals surface area contributed by atoms with Gasteiger partial charge in [0.15, 0.2) is 0 Å². The average Bonchev–Trinajstić information content (AvgIpc) is 2.29. The number of nitrogens with zero attached hydrogens (tertiary/aromatic N) is 1. The summed E-state index contributed by atoms with van der Waals surface area (Å²) in [4.78, 5) is -0.424. The lowest BCUT2D eigenvalue weighted by atomic mass is 10.3. The van der Waals surface area contributed by atoms with E-state index in [1.54, 1.807) is 0 Å². The van der Waals surface area contributed by atoms with Gasteiger partial charge in [0, 0.05) is 17.2 Å². The number of halogens is 4. The third-order valence-electron chi connectivity index (χ3n) is 2.37. The first-order valence-corrected chi connectivity index (χ1v) is 7.38. The number of hydrogen-bond donors (Lipinski definition) is 1. The Morgan fingerprint density at radius 3 is 2.40 bits per heavy atom. The molecular formula is C10H12BrF3N2O3S. The lowest BCUT2D eigenvalue weighted by Gasteiger charge is -2.20. The number of nitrogens with two attached hydrogens (primary N) is 1. The summed E-state index contributed by atoms with van der Waals surface area (Å²) in [6.07, 6.45) is -4.64. The first kappa shape index (κ1) is 17.1. The van der Waals surface area contributed by atoms with Gasteiger partial charge in [-0.05, 0) is 28.1 Å². The average molecular weight is 377 g/mol. The zero-order chi connectivity index (χ0) is 15.7. The van der Waals surface area contributed by atoms with Gasteiger partial charge in [0.05, 0.1) is 7.11 Å². The van der Waals surface area contributed by atoms with Crippen molar-refractivity contribution in [1.29, 1.82) is 0 Å². The second kappa shape index (κ2) is 5.78. The SMILES string of the molecule is COc1cc(Br)c(N)cc1S(=O)(=O)N(C)CC(F)(F)F. The van der Waals surface area contributed by atoms with Gasteiger partial charge in [-0.2, -0.15) is 17.5 Å². The Balaban J connectivity index is 3.32. The summed E-state index contributed by atoms with van der Waals surface area (Å²) in [5.74, 6) is -0.0971. The third kappa shape index (κ3) is 3.76. The maximum absolute atomic E-state index is 12.3. The minimum absolute atomic E-state index is 0.0739. The van der Waals surface area contributed by atoms with Crippen molar-refractivity contribution in [3.63, 3.8) is 0 Å². The molecule has 0 bridgehead atoms. The van der Waals surface area contributed by atoms with Crippen LogP contribution in [0.5, 0.6) is 5.75 Å². The lowest BCUT2D eigenvalue weighted by molar-refractivity contribution is -0.134. The van der Waals surface area contributed by atoms with Crippen molar-refractivity contribution in [3.8, 4) is 5.75 Å². The first-order chi connectivity index (χ1) is 8.99. The van der Waals surface area contributed by atoms with Crippen LogP contribution in [0.15, 0.2) is 21.5 Å². The summed E-state index contributed by atoms with van der Waals surface area (Å²) in [6, 6.07) is 2.33. The predicted octanol–water partition coefficient (Wildman–Crippen LogP) is 2.22. The molecule has 1 aromatic carbocycles. The second-order valence-electron chi connectivity index (χ2n) is 3.90. The van der Waals surface area contributed by atoms with Gasteiger partial charge < -0.3 is 10.5 Å². The Morgan fingerprint density at radius 1 is 1.40 bits per heavy atom. The predicted molar refractivity (Wildman–Crippen MR) is 71.0 cm³/mol. The normalized spacial score (nSPS) is 12.8. The van der Waals surface area contributed by atoms with Crippen molar-refractivity contribution < 1.29 is 26.3 Å². The van der Waals surface area contributed by atoms with Gasteiger partial charge in [0.25, 0.3) is 0 Å². The molecule has 5 nitrogen and oxygen atoms in total. The Labute approximate surface area is 122 Å². The number of sulfonamides is 1. The van der Waals surface area contributed by atoms with Crippen molar-refractivity contribution in [3.05, 3.63) is 16.6 Å². The Bertz CT molecular complexity index is 605. The van der Waals surface area contributed by atoms with Gasteiger partial charge in [0.1, 0.15) is 17.2 Å². The summed E-state index contributed by atoms with van der Waals surface area (Å²) < 4.78 is 66.6.